The minimum Gasteiger partial charge on any atom is -0.480 e. The van der Waals surface area contributed by atoms with Crippen LogP contribution in [-0.4, -0.2) is 42.5 Å². The van der Waals surface area contributed by atoms with Crippen molar-refractivity contribution in [2.45, 2.75) is 32.4 Å². The maximum atomic E-state index is 11.1. The number of methoxy groups -OCH3 is 1. The molecule has 0 aromatic heterocycles. The maximum Gasteiger partial charge on any atom is 0.407 e. The zero-order valence-corrected chi connectivity index (χ0v) is 9.36. The highest BCUT2D eigenvalue weighted by Crippen LogP contribution is 2.14. The van der Waals surface area contributed by atoms with E-state index < -0.39 is 23.7 Å². The molecule has 0 aliphatic rings. The van der Waals surface area contributed by atoms with Crippen LogP contribution in [0.25, 0.3) is 0 Å². The lowest BCUT2D eigenvalue weighted by atomic mass is 9.99. The summed E-state index contributed by atoms with van der Waals surface area (Å²) in [5.41, 5.74) is -1.00. The summed E-state index contributed by atoms with van der Waals surface area (Å²) in [6.45, 7) is 4.96. The predicted octanol–water partition coefficient (Wildman–Crippen LogP) is 0.611. The van der Waals surface area contributed by atoms with Crippen molar-refractivity contribution in [2.75, 3.05) is 13.7 Å². The number of nitrogens with one attached hydrogen (secondary N) is 1. The first-order valence-electron chi connectivity index (χ1n) is 4.56. The van der Waals surface area contributed by atoms with Crippen LogP contribution >= 0.6 is 0 Å². The average molecular weight is 219 g/mol. The quantitative estimate of drug-likeness (QED) is 0.707. The van der Waals surface area contributed by atoms with Gasteiger partial charge in [-0.2, -0.15) is 0 Å². The van der Waals surface area contributed by atoms with E-state index >= 15 is 0 Å². The highest BCUT2D eigenvalue weighted by molar-refractivity contribution is 5.81. The average Bonchev–Trinajstić information content (AvgIpc) is 2.14. The lowest BCUT2D eigenvalue weighted by Crippen LogP contribution is -2.55. The summed E-state index contributed by atoms with van der Waals surface area (Å²) in [4.78, 5) is 22.0. The van der Waals surface area contributed by atoms with E-state index in [0.717, 1.165) is 0 Å². The van der Waals surface area contributed by atoms with Gasteiger partial charge in [-0.15, -0.1) is 0 Å². The standard InChI is InChI=1S/C9H17NO5/c1-5-15-8(13)10-6(7(11)12)9(2,3)14-4/h6H,5H2,1-4H3,(H,10,13)(H,11,12)/t6-/m1/s1. The van der Waals surface area contributed by atoms with E-state index in [-0.39, 0.29) is 6.61 Å². The minimum absolute atomic E-state index is 0.186. The highest BCUT2D eigenvalue weighted by Gasteiger charge is 2.37. The molecule has 0 rings (SSSR count). The van der Waals surface area contributed by atoms with E-state index in [1.807, 2.05) is 0 Å². The lowest BCUT2D eigenvalue weighted by Gasteiger charge is -2.29. The SMILES string of the molecule is CCOC(=O)N[C@H](C(=O)O)C(C)(C)OC. The van der Waals surface area contributed by atoms with Crippen LogP contribution in [0.5, 0.6) is 0 Å². The summed E-state index contributed by atoms with van der Waals surface area (Å²) in [6, 6.07) is -1.15. The molecule has 6 heteroatoms. The lowest BCUT2D eigenvalue weighted by molar-refractivity contribution is -0.147. The topological polar surface area (TPSA) is 84.9 Å². The van der Waals surface area contributed by atoms with Crippen molar-refractivity contribution in [1.29, 1.82) is 0 Å². The molecule has 2 N–H and O–H groups in total. The molecule has 1 atom stereocenters. The smallest absolute Gasteiger partial charge is 0.407 e. The van der Waals surface area contributed by atoms with Crippen LogP contribution in [0.4, 0.5) is 4.79 Å². The van der Waals surface area contributed by atoms with Crippen molar-refractivity contribution < 1.29 is 24.2 Å². The molecule has 0 fully saturated rings. The number of aliphatic carboxylic acids is 1. The van der Waals surface area contributed by atoms with Gasteiger partial charge in [0.25, 0.3) is 0 Å². The Bertz CT molecular complexity index is 239. The summed E-state index contributed by atoms with van der Waals surface area (Å²) >= 11 is 0. The third kappa shape index (κ3) is 4.16. The maximum absolute atomic E-state index is 11.1. The number of carboxylic acids is 1. The van der Waals surface area contributed by atoms with Crippen molar-refractivity contribution in [3.8, 4) is 0 Å². The molecule has 0 unspecified atom stereocenters. The number of hydrogen-bond acceptors (Lipinski definition) is 4. The van der Waals surface area contributed by atoms with Crippen molar-refractivity contribution in [3.05, 3.63) is 0 Å². The molecular weight excluding hydrogens is 202 g/mol. The van der Waals surface area contributed by atoms with E-state index in [0.29, 0.717) is 0 Å². The Balaban J connectivity index is 4.55. The van der Waals surface area contributed by atoms with Crippen LogP contribution in [0.2, 0.25) is 0 Å². The van der Waals surface area contributed by atoms with Gasteiger partial charge in [-0.25, -0.2) is 9.59 Å². The van der Waals surface area contributed by atoms with Gasteiger partial charge >= 0.3 is 12.1 Å². The molecule has 88 valence electrons. The molecule has 0 aliphatic heterocycles. The first-order chi connectivity index (χ1) is 6.85. The fourth-order valence-electron chi connectivity index (χ4n) is 0.941. The van der Waals surface area contributed by atoms with Crippen LogP contribution < -0.4 is 5.32 Å². The van der Waals surface area contributed by atoms with Crippen molar-refractivity contribution in [2.24, 2.45) is 0 Å². The first kappa shape index (κ1) is 13.7. The monoisotopic (exact) mass is 219 g/mol. The number of carboxylic acid groups (broad SMARTS) is 1. The van der Waals surface area contributed by atoms with Gasteiger partial charge in [0, 0.05) is 7.11 Å². The molecule has 0 saturated carbocycles. The molecule has 6 nitrogen and oxygen atoms in total. The second-order valence-corrected chi connectivity index (χ2v) is 3.44. The summed E-state index contributed by atoms with van der Waals surface area (Å²) < 4.78 is 9.58. The third-order valence-corrected chi connectivity index (χ3v) is 2.01. The zero-order chi connectivity index (χ0) is 12.1. The molecule has 1 amide bonds. The van der Waals surface area contributed by atoms with Gasteiger partial charge in [0.15, 0.2) is 6.04 Å². The van der Waals surface area contributed by atoms with Gasteiger partial charge in [-0.05, 0) is 20.8 Å². The van der Waals surface area contributed by atoms with E-state index in [2.05, 4.69) is 10.1 Å². The molecule has 15 heavy (non-hydrogen) atoms. The van der Waals surface area contributed by atoms with Crippen molar-refractivity contribution in [1.82, 2.24) is 5.32 Å². The van der Waals surface area contributed by atoms with E-state index in [1.54, 1.807) is 20.8 Å². The summed E-state index contributed by atoms with van der Waals surface area (Å²) in [5, 5.41) is 11.1. The van der Waals surface area contributed by atoms with Crippen molar-refractivity contribution >= 4 is 12.1 Å². The van der Waals surface area contributed by atoms with Gasteiger partial charge in [0.2, 0.25) is 0 Å². The number of carbonyl (C=O) groups excluding carboxylic acids is 1. The minimum atomic E-state index is -1.17. The number of carbonyl (C=O) groups is 2. The Hall–Kier alpha value is -1.30. The van der Waals surface area contributed by atoms with Gasteiger partial charge in [-0.3, -0.25) is 0 Å². The Morgan fingerprint density at radius 3 is 2.33 bits per heavy atom. The van der Waals surface area contributed by atoms with Gasteiger partial charge in [0.05, 0.1) is 12.2 Å². The summed E-state index contributed by atoms with van der Waals surface area (Å²) in [5.74, 6) is -1.17. The van der Waals surface area contributed by atoms with Crippen LogP contribution in [-0.2, 0) is 14.3 Å². The second kappa shape index (κ2) is 5.55. The zero-order valence-electron chi connectivity index (χ0n) is 9.36. The number of rotatable bonds is 5. The normalized spacial score (nSPS) is 13.1. The van der Waals surface area contributed by atoms with Gasteiger partial charge < -0.3 is 19.9 Å². The molecular formula is C9H17NO5. The Morgan fingerprint density at radius 1 is 1.47 bits per heavy atom. The molecule has 0 radical (unpaired) electrons. The number of amides is 1. The number of hydrogen-bond donors (Lipinski definition) is 2. The summed E-state index contributed by atoms with van der Waals surface area (Å²) in [7, 11) is 1.38. The van der Waals surface area contributed by atoms with E-state index in [1.165, 1.54) is 7.11 Å². The van der Waals surface area contributed by atoms with E-state index in [4.69, 9.17) is 9.84 Å². The first-order valence-corrected chi connectivity index (χ1v) is 4.56. The molecule has 0 aromatic rings. The van der Waals surface area contributed by atoms with E-state index in [9.17, 15) is 9.59 Å². The number of alkyl carbamates (subject to hydrolysis) is 1. The van der Waals surface area contributed by atoms with Crippen LogP contribution in [0.1, 0.15) is 20.8 Å². The molecule has 0 heterocycles. The predicted molar refractivity (Wildman–Crippen MR) is 52.7 cm³/mol. The Morgan fingerprint density at radius 2 is 2.00 bits per heavy atom. The largest absolute Gasteiger partial charge is 0.480 e. The van der Waals surface area contributed by atoms with Gasteiger partial charge in [-0.1, -0.05) is 0 Å². The Kier molecular flexibility index (Phi) is 5.07. The molecule has 0 aliphatic carbocycles. The van der Waals surface area contributed by atoms with Crippen LogP contribution in [0.3, 0.4) is 0 Å². The Labute approximate surface area is 88.6 Å². The van der Waals surface area contributed by atoms with Crippen LogP contribution in [0.15, 0.2) is 0 Å². The molecule has 0 aromatic carbocycles. The molecule has 0 spiro atoms. The van der Waals surface area contributed by atoms with Gasteiger partial charge in [0.1, 0.15) is 0 Å². The van der Waals surface area contributed by atoms with Crippen LogP contribution in [0, 0.1) is 0 Å². The fourth-order valence-corrected chi connectivity index (χ4v) is 0.941. The second-order valence-electron chi connectivity index (χ2n) is 3.44. The van der Waals surface area contributed by atoms with Crippen molar-refractivity contribution in [3.63, 3.8) is 0 Å². The molecule has 0 bridgehead atoms. The number of ether oxygens (including phenoxy) is 2. The third-order valence-electron chi connectivity index (χ3n) is 2.01. The summed E-state index contributed by atoms with van der Waals surface area (Å²) in [6.07, 6.45) is -0.768. The highest BCUT2D eigenvalue weighted by atomic mass is 16.5. The molecule has 0 saturated heterocycles. The fraction of sp³-hybridized carbons (Fsp3) is 0.778.